The lowest BCUT2D eigenvalue weighted by atomic mass is 9.69. The fourth-order valence-electron chi connectivity index (χ4n) is 14.2. The summed E-state index contributed by atoms with van der Waals surface area (Å²) >= 11 is 24.1. The highest BCUT2D eigenvalue weighted by Gasteiger charge is 2.54. The Labute approximate surface area is 559 Å². The largest absolute Gasteiger partial charge is 0.352 e. The normalized spacial score (nSPS) is 25.1. The van der Waals surface area contributed by atoms with E-state index in [1.807, 2.05) is 152 Å². The molecule has 0 saturated carbocycles. The number of amides is 4. The molecule has 90 heavy (non-hydrogen) atoms. The Hall–Kier alpha value is -4.83. The number of likely N-dealkylation sites (tertiary alicyclic amines) is 1. The maximum atomic E-state index is 13.6. The molecular weight excluding hydrogens is 1210 g/mol. The fourth-order valence-corrected chi connectivity index (χ4v) is 14.8. The van der Waals surface area contributed by atoms with Crippen molar-refractivity contribution in [2.24, 2.45) is 23.7 Å². The van der Waals surface area contributed by atoms with E-state index in [2.05, 4.69) is 76.4 Å². The van der Waals surface area contributed by atoms with Gasteiger partial charge in [-0.05, 0) is 233 Å². The molecule has 496 valence electrons. The summed E-state index contributed by atoms with van der Waals surface area (Å²) in [6, 6.07) is 31.1. The number of carbonyl (C=O) groups excluding carboxylic acids is 5. The molecule has 8 rings (SSSR count). The first-order chi connectivity index (χ1) is 42.9. The molecular formula is C73H106Cl4N8O5. The fraction of sp³-hybridized carbons (Fsp3) is 0.575. The van der Waals surface area contributed by atoms with E-state index in [-0.39, 0.29) is 59.5 Å². The van der Waals surface area contributed by atoms with E-state index in [0.29, 0.717) is 50.8 Å². The SMILES string of the molecule is C=CC(=O)CCN1CCC[C@H](CC)[C@@]1(C(=O)NC(C)C)c1ccc(Cl)cc1.CCC1CCCN[C@@]1(C(=O)NC(C)C)c1ccc(Cl)cc1.CCC1CCCN[C@@]1(C(=O)NC(C)C)c1ccc(Cl)cc1.CCC1CCCN[C@@]1(C(=O)NC(C)C)c1ccc(Cl)cc1. The second-order valence-electron chi connectivity index (χ2n) is 25.9. The van der Waals surface area contributed by atoms with E-state index in [4.69, 9.17) is 46.4 Å². The van der Waals surface area contributed by atoms with Crippen LogP contribution >= 0.6 is 46.4 Å². The summed E-state index contributed by atoms with van der Waals surface area (Å²) in [6.45, 7) is 32.0. The van der Waals surface area contributed by atoms with Gasteiger partial charge in [-0.15, -0.1) is 0 Å². The van der Waals surface area contributed by atoms with Gasteiger partial charge in [0.15, 0.2) is 5.78 Å². The number of benzene rings is 4. The van der Waals surface area contributed by atoms with E-state index in [1.54, 1.807) is 0 Å². The third kappa shape index (κ3) is 18.5. The highest BCUT2D eigenvalue weighted by Crippen LogP contribution is 2.46. The Morgan fingerprint density at radius 2 is 0.733 bits per heavy atom. The first-order valence-corrected chi connectivity index (χ1v) is 34.8. The van der Waals surface area contributed by atoms with Crippen LogP contribution in [0, 0.1) is 23.7 Å². The second kappa shape index (κ2) is 36.0. The number of hydrogen-bond acceptors (Lipinski definition) is 9. The molecule has 4 aromatic rings. The van der Waals surface area contributed by atoms with Crippen LogP contribution in [-0.4, -0.2) is 91.2 Å². The molecule has 4 amide bonds. The van der Waals surface area contributed by atoms with Crippen LogP contribution in [0.3, 0.4) is 0 Å². The molecule has 4 heterocycles. The number of hydrogen-bond donors (Lipinski definition) is 7. The lowest BCUT2D eigenvalue weighted by Gasteiger charge is -2.51. The van der Waals surface area contributed by atoms with Gasteiger partial charge in [0, 0.05) is 57.2 Å². The molecule has 7 N–H and O–H groups in total. The van der Waals surface area contributed by atoms with Gasteiger partial charge in [-0.1, -0.05) is 155 Å². The Morgan fingerprint density at radius 1 is 0.456 bits per heavy atom. The Morgan fingerprint density at radius 3 is 1.01 bits per heavy atom. The van der Waals surface area contributed by atoms with Gasteiger partial charge in [0.05, 0.1) is 0 Å². The first kappa shape index (κ1) is 75.9. The summed E-state index contributed by atoms with van der Waals surface area (Å²) in [5, 5.41) is 25.7. The topological polar surface area (TPSA) is 173 Å². The Balaban J connectivity index is 0.000000219. The van der Waals surface area contributed by atoms with E-state index in [0.717, 1.165) is 125 Å². The third-order valence-electron chi connectivity index (χ3n) is 18.4. The highest BCUT2D eigenvalue weighted by molar-refractivity contribution is 6.31. The van der Waals surface area contributed by atoms with Gasteiger partial charge in [0.2, 0.25) is 23.6 Å². The standard InChI is InChI=1S/C22H31ClN2O2.3C17H25ClN2O/c1-5-17-8-7-14-25(15-13-20(26)6-2)22(17,21(27)24-16(3)4)18-9-11-19(23)12-10-18;3*1-4-13-6-5-11-19-17(13,16(21)20-12(2)3)14-7-9-15(18)10-8-14/h6,9-12,16-17H,2,5,7-8,13-15H2,1,3-4H3,(H,24,27);3*7-10,12-13,19H,4-6,11H2,1-3H3,(H,20,21)/t17-,22-;3*13?,17-/m0111/s1. The molecule has 4 aromatic carbocycles. The molecule has 0 bridgehead atoms. The maximum Gasteiger partial charge on any atom is 0.245 e. The summed E-state index contributed by atoms with van der Waals surface area (Å²) in [5.74, 6) is 1.30. The molecule has 0 radical (unpaired) electrons. The Kier molecular flexibility index (Phi) is 30.4. The molecule has 0 aromatic heterocycles. The molecule has 4 aliphatic heterocycles. The number of rotatable bonds is 20. The van der Waals surface area contributed by atoms with Crippen molar-refractivity contribution in [2.45, 2.75) is 213 Å². The highest BCUT2D eigenvalue weighted by atomic mass is 35.5. The van der Waals surface area contributed by atoms with Crippen molar-refractivity contribution in [1.82, 2.24) is 42.1 Å². The van der Waals surface area contributed by atoms with E-state index < -0.39 is 22.2 Å². The summed E-state index contributed by atoms with van der Waals surface area (Å²) in [6.07, 6.45) is 14.1. The molecule has 4 aliphatic rings. The van der Waals surface area contributed by atoms with Gasteiger partial charge < -0.3 is 21.3 Å². The van der Waals surface area contributed by atoms with Crippen LogP contribution < -0.4 is 37.2 Å². The van der Waals surface area contributed by atoms with Crippen LogP contribution in [0.1, 0.15) is 189 Å². The van der Waals surface area contributed by atoms with Crippen molar-refractivity contribution in [2.75, 3.05) is 32.7 Å². The van der Waals surface area contributed by atoms with Crippen LogP contribution in [0.5, 0.6) is 0 Å². The van der Waals surface area contributed by atoms with Crippen LogP contribution in [-0.2, 0) is 46.1 Å². The summed E-state index contributed by atoms with van der Waals surface area (Å²) in [4.78, 5) is 66.6. The number of piperidine rings is 4. The zero-order chi connectivity index (χ0) is 66.4. The molecule has 4 saturated heterocycles. The van der Waals surface area contributed by atoms with E-state index in [1.165, 1.54) is 6.08 Å². The number of carbonyl (C=O) groups is 5. The van der Waals surface area contributed by atoms with Crippen molar-refractivity contribution in [1.29, 1.82) is 0 Å². The molecule has 4 fully saturated rings. The second-order valence-corrected chi connectivity index (χ2v) is 27.7. The minimum Gasteiger partial charge on any atom is -0.352 e. The number of ketones is 1. The zero-order valence-electron chi connectivity index (χ0n) is 55.9. The summed E-state index contributed by atoms with van der Waals surface area (Å²) in [7, 11) is 0. The number of nitrogens with zero attached hydrogens (tertiary/aromatic N) is 1. The Bertz CT molecular complexity index is 2690. The van der Waals surface area contributed by atoms with Crippen LogP contribution in [0.25, 0.3) is 0 Å². The molecule has 3 unspecified atom stereocenters. The summed E-state index contributed by atoms with van der Waals surface area (Å²) < 4.78 is 0. The molecule has 17 heteroatoms. The maximum absolute atomic E-state index is 13.6. The van der Waals surface area contributed by atoms with Crippen molar-refractivity contribution >= 4 is 75.8 Å². The molecule has 0 aliphatic carbocycles. The summed E-state index contributed by atoms with van der Waals surface area (Å²) in [5.41, 5.74) is 1.28. The van der Waals surface area contributed by atoms with Gasteiger partial charge >= 0.3 is 0 Å². The van der Waals surface area contributed by atoms with Gasteiger partial charge in [-0.25, -0.2) is 0 Å². The van der Waals surface area contributed by atoms with Crippen molar-refractivity contribution in [3.63, 3.8) is 0 Å². The van der Waals surface area contributed by atoms with E-state index >= 15 is 0 Å². The average Bonchev–Trinajstić information content (AvgIpc) is 0.783. The quantitative estimate of drug-likeness (QED) is 0.0425. The first-order valence-electron chi connectivity index (χ1n) is 33.3. The van der Waals surface area contributed by atoms with Crippen molar-refractivity contribution < 1.29 is 24.0 Å². The van der Waals surface area contributed by atoms with E-state index in [9.17, 15) is 24.0 Å². The minimum atomic E-state index is -0.788. The number of allylic oxidation sites excluding steroid dienone is 1. The number of nitrogens with one attached hydrogen (secondary N) is 7. The minimum absolute atomic E-state index is 0.00268. The molecule has 13 nitrogen and oxygen atoms in total. The van der Waals surface area contributed by atoms with Gasteiger partial charge in [0.1, 0.15) is 22.2 Å². The van der Waals surface area contributed by atoms with Gasteiger partial charge in [-0.2, -0.15) is 0 Å². The zero-order valence-corrected chi connectivity index (χ0v) is 58.9. The van der Waals surface area contributed by atoms with Crippen LogP contribution in [0.2, 0.25) is 20.1 Å². The van der Waals surface area contributed by atoms with Crippen molar-refractivity contribution in [3.05, 3.63) is 152 Å². The van der Waals surface area contributed by atoms with Crippen molar-refractivity contribution in [3.8, 4) is 0 Å². The number of halogens is 4. The predicted molar refractivity (Wildman–Crippen MR) is 373 cm³/mol. The van der Waals surface area contributed by atoms with Gasteiger partial charge in [0.25, 0.3) is 0 Å². The van der Waals surface area contributed by atoms with Gasteiger partial charge in [-0.3, -0.25) is 44.8 Å². The lowest BCUT2D eigenvalue weighted by Crippen LogP contribution is -2.63. The predicted octanol–water partition coefficient (Wildman–Crippen LogP) is 14.7. The third-order valence-corrected chi connectivity index (χ3v) is 19.4. The van der Waals surface area contributed by atoms with Crippen LogP contribution in [0.4, 0.5) is 0 Å². The average molecular weight is 1320 g/mol. The molecule has 8 atom stereocenters. The molecule has 0 spiro atoms. The lowest BCUT2D eigenvalue weighted by molar-refractivity contribution is -0.144. The van der Waals surface area contributed by atoms with Crippen LogP contribution in [0.15, 0.2) is 110 Å². The monoisotopic (exact) mass is 1310 g/mol. The smallest absolute Gasteiger partial charge is 0.245 e.